The fraction of sp³-hybridized carbons (Fsp3) is 0.375. The van der Waals surface area contributed by atoms with E-state index < -0.39 is 11.9 Å². The fourth-order valence-electron chi connectivity index (χ4n) is 5.02. The molecule has 1 aromatic carbocycles. The minimum atomic E-state index is -0.673. The van der Waals surface area contributed by atoms with E-state index in [4.69, 9.17) is 0 Å². The number of amides is 4. The predicted molar refractivity (Wildman–Crippen MR) is 124 cm³/mol. The lowest BCUT2D eigenvalue weighted by Gasteiger charge is -2.29. The quantitative estimate of drug-likeness (QED) is 0.498. The third-order valence-corrected chi connectivity index (χ3v) is 6.89. The van der Waals surface area contributed by atoms with Crippen molar-refractivity contribution in [2.24, 2.45) is 0 Å². The largest absolute Gasteiger partial charge is 0.345 e. The molecule has 0 aliphatic carbocycles. The standard InChI is InChI=1S/C24H24N8O4/c33-21-7-6-19(23(35)27-21)31-11-14-9-16(4-5-17(14)24(31)36)32-13-18(28-29-32)22(34)25-10-15-12-30-8-2-1-3-20(30)26-15/h4-5,9,12-13,19H,1-3,6-8,10-11H2,(H,25,34)(H,27,33,35). The Labute approximate surface area is 205 Å². The summed E-state index contributed by atoms with van der Waals surface area (Å²) in [6, 6.07) is 4.52. The number of nitrogens with one attached hydrogen (secondary N) is 2. The van der Waals surface area contributed by atoms with Crippen LogP contribution in [-0.2, 0) is 35.6 Å². The average Bonchev–Trinajstić information content (AvgIpc) is 3.60. The van der Waals surface area contributed by atoms with E-state index in [1.54, 1.807) is 18.2 Å². The topological polar surface area (TPSA) is 144 Å². The number of rotatable bonds is 5. The number of carbonyl (C=O) groups excluding carboxylic acids is 4. The minimum absolute atomic E-state index is 0.167. The number of carbonyl (C=O) groups is 4. The van der Waals surface area contributed by atoms with Crippen molar-refractivity contribution in [1.82, 2.24) is 40.1 Å². The van der Waals surface area contributed by atoms with E-state index in [0.29, 0.717) is 24.2 Å². The van der Waals surface area contributed by atoms with Crippen molar-refractivity contribution >= 4 is 23.6 Å². The van der Waals surface area contributed by atoms with Gasteiger partial charge in [-0.3, -0.25) is 24.5 Å². The monoisotopic (exact) mass is 488 g/mol. The maximum Gasteiger partial charge on any atom is 0.273 e. The van der Waals surface area contributed by atoms with Crippen LogP contribution in [0.2, 0.25) is 0 Å². The first-order valence-corrected chi connectivity index (χ1v) is 12.0. The zero-order valence-electron chi connectivity index (χ0n) is 19.4. The summed E-state index contributed by atoms with van der Waals surface area (Å²) in [4.78, 5) is 55.3. The van der Waals surface area contributed by atoms with Gasteiger partial charge >= 0.3 is 0 Å². The summed E-state index contributed by atoms with van der Waals surface area (Å²) >= 11 is 0. The van der Waals surface area contributed by atoms with Gasteiger partial charge in [-0.15, -0.1) is 5.10 Å². The molecule has 36 heavy (non-hydrogen) atoms. The van der Waals surface area contributed by atoms with Crippen LogP contribution in [0.3, 0.4) is 0 Å². The molecule has 2 aromatic heterocycles. The van der Waals surface area contributed by atoms with Crippen molar-refractivity contribution in [2.75, 3.05) is 0 Å². The zero-order chi connectivity index (χ0) is 24.8. The van der Waals surface area contributed by atoms with Crippen molar-refractivity contribution in [3.63, 3.8) is 0 Å². The molecular weight excluding hydrogens is 464 g/mol. The Bertz CT molecular complexity index is 1380. The first-order valence-electron chi connectivity index (χ1n) is 12.0. The van der Waals surface area contributed by atoms with Crippen molar-refractivity contribution in [2.45, 2.75) is 57.8 Å². The molecule has 3 aliphatic heterocycles. The van der Waals surface area contributed by atoms with Crippen LogP contribution in [0, 0.1) is 0 Å². The molecule has 3 aliphatic rings. The van der Waals surface area contributed by atoms with Gasteiger partial charge in [-0.1, -0.05) is 5.21 Å². The summed E-state index contributed by atoms with van der Waals surface area (Å²) in [6.07, 6.45) is 7.26. The Kier molecular flexibility index (Phi) is 5.35. The van der Waals surface area contributed by atoms with E-state index in [1.165, 1.54) is 15.8 Å². The predicted octanol–water partition coefficient (Wildman–Crippen LogP) is 0.491. The summed E-state index contributed by atoms with van der Waals surface area (Å²) in [5.41, 5.74) is 2.87. The molecule has 184 valence electrons. The van der Waals surface area contributed by atoms with Gasteiger partial charge < -0.3 is 14.8 Å². The van der Waals surface area contributed by atoms with E-state index in [1.807, 2.05) is 6.20 Å². The second-order valence-corrected chi connectivity index (χ2v) is 9.27. The van der Waals surface area contributed by atoms with E-state index >= 15 is 0 Å². The van der Waals surface area contributed by atoms with Gasteiger partial charge in [0.15, 0.2) is 5.69 Å². The Morgan fingerprint density at radius 1 is 1.14 bits per heavy atom. The number of aryl methyl sites for hydroxylation is 2. The Hall–Kier alpha value is -4.35. The molecule has 1 atom stereocenters. The lowest BCUT2D eigenvalue weighted by Crippen LogP contribution is -2.52. The fourth-order valence-corrected chi connectivity index (χ4v) is 5.02. The second kappa shape index (κ2) is 8.70. The first kappa shape index (κ1) is 22.1. The number of aromatic nitrogens is 5. The lowest BCUT2D eigenvalue weighted by atomic mass is 10.0. The van der Waals surface area contributed by atoms with E-state index in [9.17, 15) is 19.2 Å². The van der Waals surface area contributed by atoms with Crippen molar-refractivity contribution in [1.29, 1.82) is 0 Å². The molecule has 12 heteroatoms. The second-order valence-electron chi connectivity index (χ2n) is 9.27. The molecule has 0 radical (unpaired) electrons. The van der Waals surface area contributed by atoms with Crippen LogP contribution >= 0.6 is 0 Å². The van der Waals surface area contributed by atoms with Gasteiger partial charge in [0, 0.05) is 37.7 Å². The molecule has 4 amide bonds. The molecule has 1 saturated heterocycles. The Morgan fingerprint density at radius 2 is 2.03 bits per heavy atom. The Balaban J connectivity index is 1.13. The van der Waals surface area contributed by atoms with Gasteiger partial charge in [0.2, 0.25) is 11.8 Å². The average molecular weight is 489 g/mol. The molecular formula is C24H24N8O4. The number of fused-ring (bicyclic) bond motifs is 2. The number of hydrogen-bond donors (Lipinski definition) is 2. The SMILES string of the molecule is O=C1CCC(N2Cc3cc(-n4cc(C(=O)NCc5cn6c(n5)CCCC6)nn4)ccc3C2=O)C(=O)N1. The molecule has 5 heterocycles. The van der Waals surface area contributed by atoms with Crippen LogP contribution in [0.5, 0.6) is 0 Å². The molecule has 0 bridgehead atoms. The number of hydrogen-bond acceptors (Lipinski definition) is 7. The summed E-state index contributed by atoms with van der Waals surface area (Å²) in [7, 11) is 0. The van der Waals surface area contributed by atoms with Gasteiger partial charge in [0.05, 0.1) is 24.1 Å². The minimum Gasteiger partial charge on any atom is -0.345 e. The maximum absolute atomic E-state index is 12.9. The van der Waals surface area contributed by atoms with Gasteiger partial charge in [0.25, 0.3) is 11.8 Å². The first-order chi connectivity index (χ1) is 17.5. The van der Waals surface area contributed by atoms with E-state index in [0.717, 1.165) is 42.9 Å². The summed E-state index contributed by atoms with van der Waals surface area (Å²) < 4.78 is 3.62. The molecule has 2 N–H and O–H groups in total. The van der Waals surface area contributed by atoms with Crippen LogP contribution in [-0.4, -0.2) is 59.1 Å². The van der Waals surface area contributed by atoms with Crippen LogP contribution in [0.25, 0.3) is 5.69 Å². The van der Waals surface area contributed by atoms with E-state index in [2.05, 4.69) is 30.5 Å². The van der Waals surface area contributed by atoms with Gasteiger partial charge in [-0.2, -0.15) is 0 Å². The molecule has 12 nitrogen and oxygen atoms in total. The van der Waals surface area contributed by atoms with Crippen LogP contribution < -0.4 is 10.6 Å². The highest BCUT2D eigenvalue weighted by Crippen LogP contribution is 2.29. The summed E-state index contributed by atoms with van der Waals surface area (Å²) in [5, 5.41) is 13.2. The Morgan fingerprint density at radius 3 is 2.86 bits per heavy atom. The van der Waals surface area contributed by atoms with Crippen LogP contribution in [0.4, 0.5) is 0 Å². The van der Waals surface area contributed by atoms with Crippen molar-refractivity contribution < 1.29 is 19.2 Å². The van der Waals surface area contributed by atoms with Crippen LogP contribution in [0.1, 0.15) is 63.6 Å². The number of piperidine rings is 1. The smallest absolute Gasteiger partial charge is 0.273 e. The molecule has 3 aromatic rings. The summed E-state index contributed by atoms with van der Waals surface area (Å²) in [6.45, 7) is 1.52. The number of nitrogens with zero attached hydrogens (tertiary/aromatic N) is 6. The number of imide groups is 1. The van der Waals surface area contributed by atoms with Gasteiger partial charge in [-0.05, 0) is 43.0 Å². The molecule has 1 unspecified atom stereocenters. The highest BCUT2D eigenvalue weighted by molar-refractivity contribution is 6.05. The van der Waals surface area contributed by atoms with Crippen LogP contribution in [0.15, 0.2) is 30.6 Å². The highest BCUT2D eigenvalue weighted by atomic mass is 16.2. The number of imidazole rings is 1. The third-order valence-electron chi connectivity index (χ3n) is 6.89. The lowest BCUT2D eigenvalue weighted by molar-refractivity contribution is -0.136. The van der Waals surface area contributed by atoms with E-state index in [-0.39, 0.29) is 36.4 Å². The van der Waals surface area contributed by atoms with Gasteiger partial charge in [-0.25, -0.2) is 9.67 Å². The van der Waals surface area contributed by atoms with Crippen molar-refractivity contribution in [3.8, 4) is 5.69 Å². The molecule has 0 spiro atoms. The van der Waals surface area contributed by atoms with Crippen molar-refractivity contribution in [3.05, 3.63) is 58.9 Å². The molecule has 1 fully saturated rings. The van der Waals surface area contributed by atoms with Gasteiger partial charge in [0.1, 0.15) is 11.9 Å². The maximum atomic E-state index is 12.9. The number of benzene rings is 1. The zero-order valence-corrected chi connectivity index (χ0v) is 19.4. The highest BCUT2D eigenvalue weighted by Gasteiger charge is 2.39. The summed E-state index contributed by atoms with van der Waals surface area (Å²) in [5.74, 6) is -0.311. The molecule has 6 rings (SSSR count). The normalized spacial score (nSPS) is 19.2. The third kappa shape index (κ3) is 3.93. The molecule has 0 saturated carbocycles.